The van der Waals surface area contributed by atoms with E-state index in [9.17, 15) is 4.79 Å². The third-order valence-electron chi connectivity index (χ3n) is 5.25. The van der Waals surface area contributed by atoms with E-state index in [0.717, 1.165) is 49.6 Å². The van der Waals surface area contributed by atoms with E-state index in [1.807, 2.05) is 29.2 Å². The highest BCUT2D eigenvalue weighted by molar-refractivity contribution is 5.93. The maximum atomic E-state index is 12.9. The molecule has 0 saturated carbocycles. The van der Waals surface area contributed by atoms with E-state index in [4.69, 9.17) is 4.74 Å². The van der Waals surface area contributed by atoms with Crippen LogP contribution in [0.1, 0.15) is 30.3 Å². The van der Waals surface area contributed by atoms with Crippen LogP contribution in [0.25, 0.3) is 0 Å². The van der Waals surface area contributed by atoms with Gasteiger partial charge in [0.05, 0.1) is 7.11 Å². The molecule has 0 unspecified atom stereocenters. The lowest BCUT2D eigenvalue weighted by Crippen LogP contribution is -2.49. The third-order valence-corrected chi connectivity index (χ3v) is 5.25. The Hall–Kier alpha value is -2.76. The zero-order valence-corrected chi connectivity index (χ0v) is 17.1. The molecule has 28 heavy (non-hydrogen) atoms. The quantitative estimate of drug-likeness (QED) is 0.735. The van der Waals surface area contributed by atoms with Crippen LogP contribution >= 0.6 is 0 Å². The van der Waals surface area contributed by atoms with Gasteiger partial charge in [-0.3, -0.25) is 9.78 Å². The third kappa shape index (κ3) is 4.74. The summed E-state index contributed by atoms with van der Waals surface area (Å²) in [5.41, 5.74) is 2.73. The van der Waals surface area contributed by atoms with Gasteiger partial charge in [-0.05, 0) is 42.8 Å². The molecule has 6 heteroatoms. The Morgan fingerprint density at radius 1 is 1.14 bits per heavy atom. The molecule has 1 saturated heterocycles. The van der Waals surface area contributed by atoms with Crippen molar-refractivity contribution in [3.8, 4) is 5.75 Å². The van der Waals surface area contributed by atoms with Crippen LogP contribution in [-0.2, 0) is 0 Å². The number of rotatable bonds is 7. The average molecular weight is 383 g/mol. The molecule has 1 aliphatic heterocycles. The Bertz CT molecular complexity index is 770. The van der Waals surface area contributed by atoms with Gasteiger partial charge in [0.2, 0.25) is 0 Å². The Morgan fingerprint density at radius 2 is 1.86 bits per heavy atom. The highest BCUT2D eigenvalue weighted by Crippen LogP contribution is 2.21. The molecule has 1 aromatic heterocycles. The Balaban J connectivity index is 1.60. The fraction of sp³-hybridized carbons (Fsp3) is 0.455. The number of methoxy groups -OCH3 is 1. The smallest absolute Gasteiger partial charge is 0.272 e. The maximum absolute atomic E-state index is 12.9. The molecule has 0 aliphatic carbocycles. The predicted octanol–water partition coefficient (Wildman–Crippen LogP) is 3.29. The number of anilines is 2. The van der Waals surface area contributed by atoms with Crippen LogP contribution < -0.4 is 14.5 Å². The van der Waals surface area contributed by atoms with Crippen molar-refractivity contribution in [2.45, 2.75) is 19.8 Å². The van der Waals surface area contributed by atoms with E-state index in [0.29, 0.717) is 18.8 Å². The molecule has 1 aliphatic rings. The Kier molecular flexibility index (Phi) is 6.74. The van der Waals surface area contributed by atoms with E-state index >= 15 is 0 Å². The predicted molar refractivity (Wildman–Crippen MR) is 114 cm³/mol. The molecular weight excluding hydrogens is 352 g/mol. The van der Waals surface area contributed by atoms with Crippen molar-refractivity contribution in [3.05, 3.63) is 48.3 Å². The first-order valence-corrected chi connectivity index (χ1v) is 9.98. The lowest BCUT2D eigenvalue weighted by atomic mass is 10.2. The van der Waals surface area contributed by atoms with Crippen molar-refractivity contribution in [2.24, 2.45) is 0 Å². The van der Waals surface area contributed by atoms with Crippen molar-refractivity contribution in [1.82, 2.24) is 9.88 Å². The summed E-state index contributed by atoms with van der Waals surface area (Å²) in [7, 11) is 3.73. The SMILES string of the molecule is CCCCN(C)c1ccnc(C(=O)N2CCN(c3ccc(OC)cc3)CC2)c1. The van der Waals surface area contributed by atoms with Gasteiger partial charge in [-0.1, -0.05) is 13.3 Å². The van der Waals surface area contributed by atoms with Gasteiger partial charge in [0.15, 0.2) is 0 Å². The summed E-state index contributed by atoms with van der Waals surface area (Å²) in [6.45, 7) is 6.18. The second-order valence-electron chi connectivity index (χ2n) is 7.15. The van der Waals surface area contributed by atoms with Gasteiger partial charge in [-0.15, -0.1) is 0 Å². The molecule has 0 atom stereocenters. The standard InChI is InChI=1S/C22H30N4O2/c1-4-5-12-24(2)19-10-11-23-21(17-19)22(27)26-15-13-25(14-16-26)18-6-8-20(28-3)9-7-18/h6-11,17H,4-5,12-16H2,1-3H3. The molecule has 0 radical (unpaired) electrons. The Morgan fingerprint density at radius 3 is 2.50 bits per heavy atom. The number of hydrogen-bond acceptors (Lipinski definition) is 5. The first-order chi connectivity index (χ1) is 13.6. The van der Waals surface area contributed by atoms with Gasteiger partial charge in [-0.2, -0.15) is 0 Å². The van der Waals surface area contributed by atoms with Crippen LogP contribution in [0, 0.1) is 0 Å². The molecule has 2 heterocycles. The highest BCUT2D eigenvalue weighted by Gasteiger charge is 2.23. The van der Waals surface area contributed by atoms with Gasteiger partial charge in [0.1, 0.15) is 11.4 Å². The van der Waals surface area contributed by atoms with Crippen LogP contribution in [0.4, 0.5) is 11.4 Å². The molecule has 1 amide bonds. The minimum absolute atomic E-state index is 0.0140. The number of benzene rings is 1. The van der Waals surface area contributed by atoms with Crippen LogP contribution in [0.2, 0.25) is 0 Å². The number of carbonyl (C=O) groups excluding carboxylic acids is 1. The van der Waals surface area contributed by atoms with Gasteiger partial charge < -0.3 is 19.4 Å². The molecule has 3 rings (SSSR count). The zero-order chi connectivity index (χ0) is 19.9. The number of pyridine rings is 1. The second kappa shape index (κ2) is 9.44. The van der Waals surface area contributed by atoms with E-state index in [-0.39, 0.29) is 5.91 Å². The summed E-state index contributed by atoms with van der Waals surface area (Å²) in [6.07, 6.45) is 4.02. The van der Waals surface area contributed by atoms with Crippen LogP contribution in [0.3, 0.4) is 0 Å². The van der Waals surface area contributed by atoms with Crippen molar-refractivity contribution in [1.29, 1.82) is 0 Å². The van der Waals surface area contributed by atoms with E-state index < -0.39 is 0 Å². The lowest BCUT2D eigenvalue weighted by molar-refractivity contribution is 0.0741. The maximum Gasteiger partial charge on any atom is 0.272 e. The number of hydrogen-bond donors (Lipinski definition) is 0. The normalized spacial score (nSPS) is 14.1. The fourth-order valence-corrected chi connectivity index (χ4v) is 3.42. The number of unbranched alkanes of at least 4 members (excludes halogenated alkanes) is 1. The van der Waals surface area contributed by atoms with Gasteiger partial charge in [-0.25, -0.2) is 0 Å². The number of piperazine rings is 1. The van der Waals surface area contributed by atoms with Crippen molar-refractivity contribution < 1.29 is 9.53 Å². The summed E-state index contributed by atoms with van der Waals surface area (Å²) < 4.78 is 5.22. The topological polar surface area (TPSA) is 48.9 Å². The lowest BCUT2D eigenvalue weighted by Gasteiger charge is -2.36. The van der Waals surface area contributed by atoms with Crippen molar-refractivity contribution >= 4 is 17.3 Å². The Labute approximate surface area is 167 Å². The van der Waals surface area contributed by atoms with E-state index in [2.05, 4.69) is 40.9 Å². The van der Waals surface area contributed by atoms with Gasteiger partial charge in [0, 0.05) is 57.3 Å². The summed E-state index contributed by atoms with van der Waals surface area (Å²) >= 11 is 0. The molecule has 0 N–H and O–H groups in total. The van der Waals surface area contributed by atoms with E-state index in [1.165, 1.54) is 0 Å². The summed E-state index contributed by atoms with van der Waals surface area (Å²) in [5.74, 6) is 0.868. The molecule has 6 nitrogen and oxygen atoms in total. The van der Waals surface area contributed by atoms with E-state index in [1.54, 1.807) is 13.3 Å². The molecule has 1 fully saturated rings. The molecule has 1 aromatic carbocycles. The molecule has 150 valence electrons. The number of nitrogens with zero attached hydrogens (tertiary/aromatic N) is 4. The second-order valence-corrected chi connectivity index (χ2v) is 7.15. The first-order valence-electron chi connectivity index (χ1n) is 9.98. The monoisotopic (exact) mass is 382 g/mol. The minimum Gasteiger partial charge on any atom is -0.497 e. The first kappa shape index (κ1) is 20.0. The number of carbonyl (C=O) groups is 1. The number of ether oxygens (including phenoxy) is 1. The molecule has 0 bridgehead atoms. The molecular formula is C22H30N4O2. The highest BCUT2D eigenvalue weighted by atomic mass is 16.5. The number of amides is 1. The summed E-state index contributed by atoms with van der Waals surface area (Å²) in [4.78, 5) is 23.6. The number of aromatic nitrogens is 1. The largest absolute Gasteiger partial charge is 0.497 e. The average Bonchev–Trinajstić information content (AvgIpc) is 2.77. The summed E-state index contributed by atoms with van der Waals surface area (Å²) in [6, 6.07) is 11.9. The van der Waals surface area contributed by atoms with Crippen LogP contribution in [0.5, 0.6) is 5.75 Å². The molecule has 0 spiro atoms. The fourth-order valence-electron chi connectivity index (χ4n) is 3.42. The van der Waals surface area contributed by atoms with Crippen LogP contribution in [0.15, 0.2) is 42.6 Å². The minimum atomic E-state index is 0.0140. The van der Waals surface area contributed by atoms with Crippen molar-refractivity contribution in [2.75, 3.05) is 56.7 Å². The van der Waals surface area contributed by atoms with Crippen LogP contribution in [-0.4, -0.2) is 62.7 Å². The summed E-state index contributed by atoms with van der Waals surface area (Å²) in [5, 5.41) is 0. The van der Waals surface area contributed by atoms with Gasteiger partial charge in [0.25, 0.3) is 5.91 Å². The van der Waals surface area contributed by atoms with Crippen molar-refractivity contribution in [3.63, 3.8) is 0 Å². The van der Waals surface area contributed by atoms with Gasteiger partial charge >= 0.3 is 0 Å². The zero-order valence-electron chi connectivity index (χ0n) is 17.1. The molecule has 2 aromatic rings.